The first-order valence-electron chi connectivity index (χ1n) is 6.21. The number of hydrogen-bond acceptors (Lipinski definition) is 2. The van der Waals surface area contributed by atoms with Crippen molar-refractivity contribution in [3.8, 4) is 0 Å². The molecule has 0 radical (unpaired) electrons. The van der Waals surface area contributed by atoms with Gasteiger partial charge in [0.2, 0.25) is 10.0 Å². The van der Waals surface area contributed by atoms with Crippen LogP contribution in [0.15, 0.2) is 6.07 Å². The summed E-state index contributed by atoms with van der Waals surface area (Å²) in [7, 11) is -3.21. The Kier molecular flexibility index (Phi) is 4.28. The molecule has 1 rings (SSSR count). The molecular formula is C13H24N2O2S. The molecule has 0 aromatic carbocycles. The van der Waals surface area contributed by atoms with E-state index < -0.39 is 15.3 Å². The van der Waals surface area contributed by atoms with Crippen molar-refractivity contribution in [2.24, 2.45) is 0 Å². The Morgan fingerprint density at radius 1 is 1.33 bits per heavy atom. The van der Waals surface area contributed by atoms with E-state index in [0.29, 0.717) is 6.54 Å². The van der Waals surface area contributed by atoms with E-state index in [0.717, 1.165) is 17.0 Å². The quantitative estimate of drug-likeness (QED) is 0.863. The Morgan fingerprint density at radius 2 is 1.89 bits per heavy atom. The molecule has 0 aliphatic carbocycles. The van der Waals surface area contributed by atoms with E-state index in [1.165, 1.54) is 0 Å². The Balaban J connectivity index is 2.87. The Bertz CT molecular complexity index is 513. The molecule has 104 valence electrons. The van der Waals surface area contributed by atoms with Crippen LogP contribution in [0, 0.1) is 13.8 Å². The lowest BCUT2D eigenvalue weighted by molar-refractivity contribution is 0.497. The van der Waals surface area contributed by atoms with Crippen LogP contribution in [-0.4, -0.2) is 25.2 Å². The van der Waals surface area contributed by atoms with E-state index in [1.807, 2.05) is 27.7 Å². The summed E-state index contributed by atoms with van der Waals surface area (Å²) in [6.45, 7) is 11.9. The van der Waals surface area contributed by atoms with Crippen molar-refractivity contribution >= 4 is 10.0 Å². The van der Waals surface area contributed by atoms with Crippen LogP contribution in [0.1, 0.15) is 44.6 Å². The third-order valence-electron chi connectivity index (χ3n) is 3.21. The van der Waals surface area contributed by atoms with Crippen molar-refractivity contribution in [1.29, 1.82) is 0 Å². The van der Waals surface area contributed by atoms with E-state index in [2.05, 4.69) is 15.8 Å². The molecule has 2 N–H and O–H groups in total. The van der Waals surface area contributed by atoms with Crippen LogP contribution in [0.5, 0.6) is 0 Å². The second-order valence-corrected chi connectivity index (χ2v) is 8.11. The third kappa shape index (κ3) is 3.36. The van der Waals surface area contributed by atoms with Crippen molar-refractivity contribution in [2.75, 3.05) is 6.54 Å². The Hall–Kier alpha value is -0.810. The fraction of sp³-hybridized carbons (Fsp3) is 0.692. The first kappa shape index (κ1) is 15.2. The predicted octanol–water partition coefficient (Wildman–Crippen LogP) is 2.24. The summed E-state index contributed by atoms with van der Waals surface area (Å²) >= 11 is 0. The first-order valence-corrected chi connectivity index (χ1v) is 7.76. The van der Waals surface area contributed by atoms with Gasteiger partial charge in [-0.1, -0.05) is 13.8 Å². The highest BCUT2D eigenvalue weighted by Gasteiger charge is 2.27. The fourth-order valence-electron chi connectivity index (χ4n) is 1.97. The van der Waals surface area contributed by atoms with Crippen molar-refractivity contribution in [3.63, 3.8) is 0 Å². The van der Waals surface area contributed by atoms with Gasteiger partial charge in [0.05, 0.1) is 5.25 Å². The lowest BCUT2D eigenvalue weighted by Gasteiger charge is -2.26. The average molecular weight is 272 g/mol. The van der Waals surface area contributed by atoms with Crippen molar-refractivity contribution < 1.29 is 8.42 Å². The molecule has 0 saturated heterocycles. The molecule has 18 heavy (non-hydrogen) atoms. The molecule has 0 aliphatic rings. The van der Waals surface area contributed by atoms with Gasteiger partial charge >= 0.3 is 0 Å². The van der Waals surface area contributed by atoms with Gasteiger partial charge in [-0.3, -0.25) is 0 Å². The van der Waals surface area contributed by atoms with Crippen LogP contribution in [-0.2, 0) is 15.4 Å². The summed E-state index contributed by atoms with van der Waals surface area (Å²) in [6.07, 6.45) is 0. The molecular weight excluding hydrogens is 248 g/mol. The summed E-state index contributed by atoms with van der Waals surface area (Å²) in [4.78, 5) is 3.26. The van der Waals surface area contributed by atoms with Crippen LogP contribution in [0.25, 0.3) is 0 Å². The number of rotatable bonds is 5. The van der Waals surface area contributed by atoms with E-state index >= 15 is 0 Å². The van der Waals surface area contributed by atoms with Gasteiger partial charge in [0.15, 0.2) is 0 Å². The molecule has 0 amide bonds. The molecule has 1 heterocycles. The Morgan fingerprint density at radius 3 is 2.28 bits per heavy atom. The fourth-order valence-corrected chi connectivity index (χ4v) is 2.87. The van der Waals surface area contributed by atoms with Gasteiger partial charge in [-0.15, -0.1) is 0 Å². The monoisotopic (exact) mass is 272 g/mol. The van der Waals surface area contributed by atoms with Crippen LogP contribution in [0.3, 0.4) is 0 Å². The van der Waals surface area contributed by atoms with Crippen LogP contribution in [0.4, 0.5) is 0 Å². The van der Waals surface area contributed by atoms with Crippen LogP contribution in [0.2, 0.25) is 0 Å². The number of sulfonamides is 1. The van der Waals surface area contributed by atoms with E-state index in [-0.39, 0.29) is 5.41 Å². The first-order chi connectivity index (χ1) is 8.06. The molecule has 0 unspecified atom stereocenters. The zero-order valence-electron chi connectivity index (χ0n) is 12.1. The highest BCUT2D eigenvalue weighted by atomic mass is 32.2. The van der Waals surface area contributed by atoms with Gasteiger partial charge in [-0.2, -0.15) is 0 Å². The molecule has 5 heteroatoms. The van der Waals surface area contributed by atoms with Crippen molar-refractivity contribution in [2.45, 2.75) is 52.2 Å². The van der Waals surface area contributed by atoms with Gasteiger partial charge in [-0.05, 0) is 39.3 Å². The maximum absolute atomic E-state index is 11.8. The van der Waals surface area contributed by atoms with Gasteiger partial charge < -0.3 is 4.98 Å². The predicted molar refractivity (Wildman–Crippen MR) is 75.4 cm³/mol. The smallest absolute Gasteiger partial charge is 0.213 e. The lowest BCUT2D eigenvalue weighted by Crippen LogP contribution is -2.39. The van der Waals surface area contributed by atoms with Gasteiger partial charge in [0, 0.05) is 23.3 Å². The molecule has 1 aromatic heterocycles. The SMILES string of the molecule is Cc1cc(C(C)(C)CNS(=O)(=O)C(C)C)c(C)[nH]1. The molecule has 0 bridgehead atoms. The van der Waals surface area contributed by atoms with Crippen LogP contribution < -0.4 is 4.72 Å². The zero-order valence-corrected chi connectivity index (χ0v) is 12.9. The highest BCUT2D eigenvalue weighted by molar-refractivity contribution is 7.90. The number of nitrogens with one attached hydrogen (secondary N) is 2. The van der Waals surface area contributed by atoms with Gasteiger partial charge in [0.1, 0.15) is 0 Å². The minimum absolute atomic E-state index is 0.225. The molecule has 0 fully saturated rings. The summed E-state index contributed by atoms with van der Waals surface area (Å²) in [6, 6.07) is 2.08. The Labute approximate surface area is 110 Å². The molecule has 0 spiro atoms. The number of hydrogen-bond donors (Lipinski definition) is 2. The summed E-state index contributed by atoms with van der Waals surface area (Å²) in [5, 5.41) is -0.401. The second-order valence-electron chi connectivity index (χ2n) is 5.79. The standard InChI is InChI=1S/C13H24N2O2S/c1-9(2)18(16,17)14-8-13(5,6)12-7-10(3)15-11(12)4/h7,9,14-15H,8H2,1-6H3. The van der Waals surface area contributed by atoms with E-state index in [1.54, 1.807) is 13.8 Å². The largest absolute Gasteiger partial charge is 0.362 e. The topological polar surface area (TPSA) is 62.0 Å². The molecule has 0 saturated carbocycles. The van der Waals surface area contributed by atoms with Gasteiger partial charge in [-0.25, -0.2) is 13.1 Å². The normalized spacial score (nSPS) is 13.3. The second kappa shape index (κ2) is 5.05. The number of aryl methyl sites for hydroxylation is 2. The number of aromatic nitrogens is 1. The third-order valence-corrected chi connectivity index (χ3v) is 5.00. The molecule has 0 aliphatic heterocycles. The summed E-state index contributed by atoms with van der Waals surface area (Å²) in [5.41, 5.74) is 3.13. The van der Waals surface area contributed by atoms with E-state index in [9.17, 15) is 8.42 Å². The maximum atomic E-state index is 11.8. The zero-order chi connectivity index (χ0) is 14.1. The lowest BCUT2D eigenvalue weighted by atomic mass is 9.85. The minimum atomic E-state index is -3.21. The van der Waals surface area contributed by atoms with Crippen molar-refractivity contribution in [3.05, 3.63) is 23.0 Å². The summed E-state index contributed by atoms with van der Waals surface area (Å²) < 4.78 is 26.3. The van der Waals surface area contributed by atoms with E-state index in [4.69, 9.17) is 0 Å². The van der Waals surface area contributed by atoms with Gasteiger partial charge in [0.25, 0.3) is 0 Å². The summed E-state index contributed by atoms with van der Waals surface area (Å²) in [5.74, 6) is 0. The maximum Gasteiger partial charge on any atom is 0.213 e. The molecule has 4 nitrogen and oxygen atoms in total. The molecule has 0 atom stereocenters. The minimum Gasteiger partial charge on any atom is -0.362 e. The number of H-pyrrole nitrogens is 1. The average Bonchev–Trinajstić information content (AvgIpc) is 2.56. The highest BCUT2D eigenvalue weighted by Crippen LogP contribution is 2.26. The molecule has 1 aromatic rings. The van der Waals surface area contributed by atoms with Crippen molar-refractivity contribution in [1.82, 2.24) is 9.71 Å². The number of aromatic amines is 1. The van der Waals surface area contributed by atoms with Crippen LogP contribution >= 0.6 is 0 Å².